The van der Waals surface area contributed by atoms with Crippen molar-refractivity contribution in [3.63, 3.8) is 0 Å². The maximum atomic E-state index is 12.0. The first kappa shape index (κ1) is 14.6. The number of halogens is 3. The van der Waals surface area contributed by atoms with E-state index in [1.54, 1.807) is 0 Å². The van der Waals surface area contributed by atoms with Gasteiger partial charge in [-0.15, -0.1) is 0 Å². The molecule has 0 aromatic heterocycles. The van der Waals surface area contributed by atoms with Gasteiger partial charge in [0.15, 0.2) is 0 Å². The number of nitrogens with two attached hydrogens (primary N) is 1. The van der Waals surface area contributed by atoms with E-state index in [1.165, 1.54) is 0 Å². The van der Waals surface area contributed by atoms with Gasteiger partial charge in [0.2, 0.25) is 10.0 Å². The molecule has 0 saturated heterocycles. The zero-order valence-corrected chi connectivity index (χ0v) is 8.68. The third-order valence-corrected chi connectivity index (χ3v) is 3.32. The lowest BCUT2D eigenvalue weighted by atomic mass is 10.6. The van der Waals surface area contributed by atoms with Crippen molar-refractivity contribution >= 4 is 10.0 Å². The van der Waals surface area contributed by atoms with Gasteiger partial charge in [0.05, 0.1) is 12.4 Å². The van der Waals surface area contributed by atoms with Gasteiger partial charge in [-0.05, 0) is 0 Å². The highest BCUT2D eigenvalue weighted by atomic mass is 32.2. The number of hydrogen-bond acceptors (Lipinski definition) is 4. The van der Waals surface area contributed by atoms with Crippen LogP contribution in [0, 0.1) is 0 Å². The molecule has 0 fully saturated rings. The monoisotopic (exact) mass is 250 g/mol. The zero-order chi connectivity index (χ0) is 12.1. The molecule has 0 radical (unpaired) electrons. The molecular formula is C6H13F3N2O3S. The number of nitrogens with zero attached hydrogens (tertiary/aromatic N) is 1. The van der Waals surface area contributed by atoms with Crippen LogP contribution in [0.15, 0.2) is 0 Å². The summed E-state index contributed by atoms with van der Waals surface area (Å²) in [5, 5.41) is 8.46. The van der Waals surface area contributed by atoms with Crippen LogP contribution in [0.2, 0.25) is 0 Å². The van der Waals surface area contributed by atoms with Crippen LogP contribution < -0.4 is 5.73 Å². The molecule has 0 amide bonds. The lowest BCUT2D eigenvalue weighted by Gasteiger charge is -2.22. The van der Waals surface area contributed by atoms with E-state index in [1.807, 2.05) is 0 Å². The molecule has 92 valence electrons. The highest BCUT2D eigenvalue weighted by Crippen LogP contribution is 2.18. The minimum absolute atomic E-state index is 0.180. The van der Waals surface area contributed by atoms with Crippen LogP contribution in [0.1, 0.15) is 0 Å². The molecule has 0 heterocycles. The van der Waals surface area contributed by atoms with Crippen LogP contribution in [0.3, 0.4) is 0 Å². The van der Waals surface area contributed by atoms with Crippen LogP contribution in [0.4, 0.5) is 13.2 Å². The number of hydrogen-bond donors (Lipinski definition) is 2. The average Bonchev–Trinajstić information content (AvgIpc) is 2.01. The Labute approximate surface area is 85.7 Å². The van der Waals surface area contributed by atoms with Crippen LogP contribution in [-0.4, -0.2) is 56.0 Å². The Morgan fingerprint density at radius 3 is 2.20 bits per heavy atom. The molecule has 0 aliphatic rings. The van der Waals surface area contributed by atoms with Crippen molar-refractivity contribution in [2.45, 2.75) is 6.18 Å². The van der Waals surface area contributed by atoms with E-state index in [4.69, 9.17) is 10.8 Å². The summed E-state index contributed by atoms with van der Waals surface area (Å²) in [4.78, 5) is 0. The summed E-state index contributed by atoms with van der Waals surface area (Å²) in [7, 11) is -4.04. The van der Waals surface area contributed by atoms with Crippen LogP contribution in [-0.2, 0) is 10.0 Å². The number of rotatable bonds is 6. The molecule has 0 aliphatic carbocycles. The van der Waals surface area contributed by atoms with Crippen LogP contribution in [0.25, 0.3) is 0 Å². The molecule has 5 nitrogen and oxygen atoms in total. The molecular weight excluding hydrogens is 237 g/mol. The molecule has 0 aromatic rings. The number of aliphatic hydroxyl groups is 1. The van der Waals surface area contributed by atoms with E-state index in [0.717, 1.165) is 0 Å². The van der Waals surface area contributed by atoms with Gasteiger partial charge in [-0.25, -0.2) is 8.42 Å². The fraction of sp³-hybridized carbons (Fsp3) is 1.00. The normalized spacial score (nSPS) is 13.5. The Balaban J connectivity index is 4.66. The maximum absolute atomic E-state index is 12.0. The summed E-state index contributed by atoms with van der Waals surface area (Å²) in [5.41, 5.74) is 4.96. The highest BCUT2D eigenvalue weighted by molar-refractivity contribution is 7.89. The Hall–Kier alpha value is -0.380. The molecule has 9 heteroatoms. The molecule has 0 bridgehead atoms. The predicted molar refractivity (Wildman–Crippen MR) is 47.6 cm³/mol. The second kappa shape index (κ2) is 5.64. The molecule has 0 spiro atoms. The molecule has 0 saturated carbocycles. The van der Waals surface area contributed by atoms with E-state index >= 15 is 0 Å². The maximum Gasteiger partial charge on any atom is 0.402 e. The number of sulfonamides is 1. The number of alkyl halides is 3. The molecule has 0 aromatic carbocycles. The lowest BCUT2D eigenvalue weighted by molar-refractivity contribution is -0.136. The predicted octanol–water partition coefficient (Wildman–Crippen LogP) is -0.868. The Kier molecular flexibility index (Phi) is 5.49. The number of aliphatic hydroxyl groups excluding tert-OH is 1. The quantitative estimate of drug-likeness (QED) is 0.642. The van der Waals surface area contributed by atoms with E-state index in [2.05, 4.69) is 0 Å². The second-order valence-electron chi connectivity index (χ2n) is 2.78. The fourth-order valence-electron chi connectivity index (χ4n) is 0.906. The Morgan fingerprint density at radius 2 is 1.87 bits per heavy atom. The van der Waals surface area contributed by atoms with Gasteiger partial charge in [-0.1, -0.05) is 0 Å². The highest BCUT2D eigenvalue weighted by Gasteiger charge is 2.35. The van der Waals surface area contributed by atoms with E-state index in [9.17, 15) is 21.6 Å². The standard InChI is InChI=1S/C6H13F3N2O3S/c7-6(8,9)5-11(2-3-12)15(13,14)4-1-10/h12H,1-5,10H2. The van der Waals surface area contributed by atoms with Crippen molar-refractivity contribution in [2.75, 3.05) is 32.0 Å². The summed E-state index contributed by atoms with van der Waals surface area (Å²) >= 11 is 0. The minimum atomic E-state index is -4.63. The second-order valence-corrected chi connectivity index (χ2v) is 4.87. The summed E-state index contributed by atoms with van der Waals surface area (Å²) < 4.78 is 58.6. The lowest BCUT2D eigenvalue weighted by Crippen LogP contribution is -2.42. The van der Waals surface area contributed by atoms with Gasteiger partial charge in [0.1, 0.15) is 6.54 Å². The fourth-order valence-corrected chi connectivity index (χ4v) is 2.16. The Morgan fingerprint density at radius 1 is 1.33 bits per heavy atom. The van der Waals surface area contributed by atoms with Crippen molar-refractivity contribution < 1.29 is 26.7 Å². The Bertz CT molecular complexity index is 278. The smallest absolute Gasteiger partial charge is 0.395 e. The van der Waals surface area contributed by atoms with Crippen molar-refractivity contribution in [3.05, 3.63) is 0 Å². The van der Waals surface area contributed by atoms with Gasteiger partial charge < -0.3 is 10.8 Å². The van der Waals surface area contributed by atoms with Gasteiger partial charge in [-0.3, -0.25) is 0 Å². The third kappa shape index (κ3) is 5.92. The molecule has 0 aliphatic heterocycles. The largest absolute Gasteiger partial charge is 0.402 e. The summed E-state index contributed by atoms with van der Waals surface area (Å²) in [6.07, 6.45) is -4.63. The summed E-state index contributed by atoms with van der Waals surface area (Å²) in [6, 6.07) is 0. The summed E-state index contributed by atoms with van der Waals surface area (Å²) in [5.74, 6) is -0.566. The minimum Gasteiger partial charge on any atom is -0.395 e. The molecule has 0 unspecified atom stereocenters. The molecule has 3 N–H and O–H groups in total. The van der Waals surface area contributed by atoms with Gasteiger partial charge >= 0.3 is 6.18 Å². The van der Waals surface area contributed by atoms with Gasteiger partial charge in [-0.2, -0.15) is 17.5 Å². The van der Waals surface area contributed by atoms with Crippen molar-refractivity contribution in [1.29, 1.82) is 0 Å². The van der Waals surface area contributed by atoms with Crippen molar-refractivity contribution in [1.82, 2.24) is 4.31 Å². The van der Waals surface area contributed by atoms with Crippen LogP contribution in [0.5, 0.6) is 0 Å². The molecule has 15 heavy (non-hydrogen) atoms. The molecule has 0 atom stereocenters. The topological polar surface area (TPSA) is 83.6 Å². The van der Waals surface area contributed by atoms with Crippen LogP contribution >= 0.6 is 0 Å². The van der Waals surface area contributed by atoms with E-state index in [0.29, 0.717) is 0 Å². The van der Waals surface area contributed by atoms with E-state index in [-0.39, 0.29) is 10.8 Å². The van der Waals surface area contributed by atoms with E-state index < -0.39 is 41.6 Å². The average molecular weight is 250 g/mol. The summed E-state index contributed by atoms with van der Waals surface area (Å²) in [6.45, 7) is -3.11. The first-order chi connectivity index (χ1) is 6.73. The first-order valence-electron chi connectivity index (χ1n) is 4.08. The third-order valence-electron chi connectivity index (χ3n) is 1.47. The van der Waals surface area contributed by atoms with Crippen molar-refractivity contribution in [3.8, 4) is 0 Å². The zero-order valence-electron chi connectivity index (χ0n) is 7.87. The van der Waals surface area contributed by atoms with Crippen molar-refractivity contribution in [2.24, 2.45) is 5.73 Å². The molecule has 0 rings (SSSR count). The SMILES string of the molecule is NCCS(=O)(=O)N(CCO)CC(F)(F)F. The first-order valence-corrected chi connectivity index (χ1v) is 5.69. The van der Waals surface area contributed by atoms with Gasteiger partial charge in [0.25, 0.3) is 0 Å². The van der Waals surface area contributed by atoms with Gasteiger partial charge in [0, 0.05) is 13.1 Å².